The molecule has 1 fully saturated rings. The molecule has 0 aliphatic heterocycles. The van der Waals surface area contributed by atoms with E-state index in [4.69, 9.17) is 5.11 Å². The van der Waals surface area contributed by atoms with Crippen LogP contribution in [0.1, 0.15) is 39.0 Å². The highest BCUT2D eigenvalue weighted by atomic mass is 32.2. The maximum absolute atomic E-state index is 10.5. The molecule has 0 aromatic carbocycles. The molecule has 0 aromatic heterocycles. The van der Waals surface area contributed by atoms with Crippen LogP contribution in [0.15, 0.2) is 0 Å². The molecule has 1 aliphatic rings. The van der Waals surface area contributed by atoms with E-state index in [2.05, 4.69) is 5.32 Å². The van der Waals surface area contributed by atoms with Crippen LogP contribution in [-0.4, -0.2) is 34.7 Å². The number of rotatable bonds is 6. The van der Waals surface area contributed by atoms with Gasteiger partial charge in [-0.25, -0.2) is 0 Å². The normalized spacial score (nSPS) is 20.1. The quantitative estimate of drug-likeness (QED) is 0.687. The molecule has 1 saturated carbocycles. The summed E-state index contributed by atoms with van der Waals surface area (Å²) in [6.07, 6.45) is 6.83. The molecule has 1 aliphatic carbocycles. The topological polar surface area (TPSA) is 49.3 Å². The van der Waals surface area contributed by atoms with Gasteiger partial charge >= 0.3 is 5.97 Å². The lowest BCUT2D eigenvalue weighted by Crippen LogP contribution is -2.35. The molecule has 88 valence electrons. The standard InChI is InChI=1S/C11H21NO2S/c1-9(11(13)14)12-7-8-15-10-5-3-2-4-6-10/h9-10,12H,2-8H2,1H3,(H,13,14)/t9-/m0/s1. The minimum Gasteiger partial charge on any atom is -0.480 e. The molecule has 0 spiro atoms. The summed E-state index contributed by atoms with van der Waals surface area (Å²) in [6.45, 7) is 2.49. The van der Waals surface area contributed by atoms with E-state index < -0.39 is 12.0 Å². The number of carboxylic acids is 1. The van der Waals surface area contributed by atoms with Crippen molar-refractivity contribution in [1.29, 1.82) is 0 Å². The highest BCUT2D eigenvalue weighted by molar-refractivity contribution is 7.99. The van der Waals surface area contributed by atoms with E-state index in [9.17, 15) is 4.79 Å². The van der Waals surface area contributed by atoms with E-state index in [-0.39, 0.29) is 0 Å². The van der Waals surface area contributed by atoms with Gasteiger partial charge in [0.05, 0.1) is 0 Å². The zero-order chi connectivity index (χ0) is 11.1. The third-order valence-corrected chi connectivity index (χ3v) is 4.21. The molecule has 1 rings (SSSR count). The van der Waals surface area contributed by atoms with Gasteiger partial charge in [-0.15, -0.1) is 0 Å². The number of hydrogen-bond acceptors (Lipinski definition) is 3. The van der Waals surface area contributed by atoms with Gasteiger partial charge in [0.25, 0.3) is 0 Å². The van der Waals surface area contributed by atoms with Crippen molar-refractivity contribution in [2.24, 2.45) is 0 Å². The van der Waals surface area contributed by atoms with Crippen molar-refractivity contribution in [3.05, 3.63) is 0 Å². The van der Waals surface area contributed by atoms with E-state index >= 15 is 0 Å². The van der Waals surface area contributed by atoms with Gasteiger partial charge in [-0.1, -0.05) is 19.3 Å². The summed E-state index contributed by atoms with van der Waals surface area (Å²) in [5.74, 6) is 0.264. The van der Waals surface area contributed by atoms with Crippen LogP contribution in [0.3, 0.4) is 0 Å². The molecule has 0 heterocycles. The van der Waals surface area contributed by atoms with Crippen LogP contribution >= 0.6 is 11.8 Å². The Morgan fingerprint density at radius 3 is 2.73 bits per heavy atom. The maximum Gasteiger partial charge on any atom is 0.320 e. The van der Waals surface area contributed by atoms with Crippen molar-refractivity contribution < 1.29 is 9.90 Å². The Balaban J connectivity index is 1.98. The predicted octanol–water partition coefficient (Wildman–Crippen LogP) is 2.11. The Morgan fingerprint density at radius 2 is 2.13 bits per heavy atom. The molecule has 15 heavy (non-hydrogen) atoms. The van der Waals surface area contributed by atoms with Crippen molar-refractivity contribution in [3.63, 3.8) is 0 Å². The zero-order valence-corrected chi connectivity index (χ0v) is 10.2. The smallest absolute Gasteiger partial charge is 0.320 e. The minimum atomic E-state index is -0.766. The fourth-order valence-corrected chi connectivity index (χ4v) is 3.06. The van der Waals surface area contributed by atoms with Crippen molar-refractivity contribution in [2.45, 2.75) is 50.3 Å². The van der Waals surface area contributed by atoms with Crippen LogP contribution < -0.4 is 5.32 Å². The zero-order valence-electron chi connectivity index (χ0n) is 9.37. The summed E-state index contributed by atoms with van der Waals surface area (Å²) >= 11 is 2.00. The van der Waals surface area contributed by atoms with Crippen molar-refractivity contribution in [2.75, 3.05) is 12.3 Å². The average molecular weight is 231 g/mol. The minimum absolute atomic E-state index is 0.419. The van der Waals surface area contributed by atoms with Gasteiger partial charge in [0, 0.05) is 17.5 Å². The van der Waals surface area contributed by atoms with E-state index in [0.29, 0.717) is 0 Å². The largest absolute Gasteiger partial charge is 0.480 e. The molecule has 0 saturated heterocycles. The summed E-state index contributed by atoms with van der Waals surface area (Å²) < 4.78 is 0. The third kappa shape index (κ3) is 5.42. The van der Waals surface area contributed by atoms with Crippen molar-refractivity contribution in [3.8, 4) is 0 Å². The SMILES string of the molecule is C[C@H](NCCSC1CCCCC1)C(=O)O. The van der Waals surface area contributed by atoms with Crippen molar-refractivity contribution >= 4 is 17.7 Å². The third-order valence-electron chi connectivity index (χ3n) is 2.83. The van der Waals surface area contributed by atoms with Crippen LogP contribution in [-0.2, 0) is 4.79 Å². The lowest BCUT2D eigenvalue weighted by atomic mass is 10.0. The second kappa shape index (κ2) is 7.12. The van der Waals surface area contributed by atoms with E-state index in [1.807, 2.05) is 11.8 Å². The first-order valence-corrected chi connectivity index (χ1v) is 6.83. The fourth-order valence-electron chi connectivity index (χ4n) is 1.82. The summed E-state index contributed by atoms with van der Waals surface area (Å²) in [7, 11) is 0. The van der Waals surface area contributed by atoms with E-state index in [1.165, 1.54) is 32.1 Å². The molecule has 4 heteroatoms. The number of nitrogens with one attached hydrogen (secondary N) is 1. The van der Waals surface area contributed by atoms with E-state index in [1.54, 1.807) is 6.92 Å². The van der Waals surface area contributed by atoms with Crippen LogP contribution in [0.5, 0.6) is 0 Å². The van der Waals surface area contributed by atoms with Gasteiger partial charge in [-0.3, -0.25) is 4.79 Å². The Morgan fingerprint density at radius 1 is 1.47 bits per heavy atom. The molecule has 0 aromatic rings. The highest BCUT2D eigenvalue weighted by Crippen LogP contribution is 2.27. The summed E-state index contributed by atoms with van der Waals surface area (Å²) in [4.78, 5) is 10.5. The second-order valence-corrected chi connectivity index (χ2v) is 5.55. The monoisotopic (exact) mass is 231 g/mol. The molecular weight excluding hydrogens is 210 g/mol. The fraction of sp³-hybridized carbons (Fsp3) is 0.909. The van der Waals surface area contributed by atoms with Gasteiger partial charge in [-0.05, 0) is 19.8 Å². The lowest BCUT2D eigenvalue weighted by Gasteiger charge is -2.21. The molecular formula is C11H21NO2S. The second-order valence-electron chi connectivity index (χ2n) is 4.14. The number of carboxylic acid groups (broad SMARTS) is 1. The van der Waals surface area contributed by atoms with Crippen LogP contribution in [0, 0.1) is 0 Å². The van der Waals surface area contributed by atoms with Crippen molar-refractivity contribution in [1.82, 2.24) is 5.32 Å². The van der Waals surface area contributed by atoms with Crippen LogP contribution in [0.2, 0.25) is 0 Å². The maximum atomic E-state index is 10.5. The highest BCUT2D eigenvalue weighted by Gasteiger charge is 2.14. The molecule has 0 bridgehead atoms. The van der Waals surface area contributed by atoms with Gasteiger partial charge < -0.3 is 10.4 Å². The van der Waals surface area contributed by atoms with Gasteiger partial charge in [0.15, 0.2) is 0 Å². The predicted molar refractivity (Wildman–Crippen MR) is 64.4 cm³/mol. The van der Waals surface area contributed by atoms with Crippen LogP contribution in [0.25, 0.3) is 0 Å². The molecule has 1 atom stereocenters. The average Bonchev–Trinajstić information content (AvgIpc) is 2.25. The Hall–Kier alpha value is -0.220. The number of carbonyl (C=O) groups is 1. The molecule has 0 amide bonds. The Kier molecular flexibility index (Phi) is 6.10. The first-order chi connectivity index (χ1) is 7.20. The van der Waals surface area contributed by atoms with Gasteiger partial charge in [0.2, 0.25) is 0 Å². The first kappa shape index (κ1) is 12.8. The van der Waals surface area contributed by atoms with Crippen LogP contribution in [0.4, 0.5) is 0 Å². The summed E-state index contributed by atoms with van der Waals surface area (Å²) in [5, 5.41) is 12.5. The number of aliphatic carboxylic acids is 1. The summed E-state index contributed by atoms with van der Waals surface area (Å²) in [6, 6.07) is -0.419. The Labute approximate surface area is 96.0 Å². The summed E-state index contributed by atoms with van der Waals surface area (Å²) in [5.41, 5.74) is 0. The molecule has 0 unspecified atom stereocenters. The molecule has 0 radical (unpaired) electrons. The van der Waals surface area contributed by atoms with Gasteiger partial charge in [-0.2, -0.15) is 11.8 Å². The molecule has 2 N–H and O–H groups in total. The molecule has 3 nitrogen and oxygen atoms in total. The number of hydrogen-bond donors (Lipinski definition) is 2. The first-order valence-electron chi connectivity index (χ1n) is 5.78. The van der Waals surface area contributed by atoms with Gasteiger partial charge in [0.1, 0.15) is 6.04 Å². The Bertz CT molecular complexity index is 193. The number of thioether (sulfide) groups is 1. The van der Waals surface area contributed by atoms with E-state index in [0.717, 1.165) is 17.5 Å². The lowest BCUT2D eigenvalue weighted by molar-refractivity contribution is -0.138.